The Morgan fingerprint density at radius 3 is 2.53 bits per heavy atom. The highest BCUT2D eigenvalue weighted by Gasteiger charge is 2.49. The lowest BCUT2D eigenvalue weighted by Gasteiger charge is -2.27. The number of rotatable bonds is 3. The van der Waals surface area contributed by atoms with Crippen molar-refractivity contribution in [3.05, 3.63) is 17.7 Å². The van der Waals surface area contributed by atoms with Crippen molar-refractivity contribution in [3.8, 4) is 0 Å². The first-order valence-electron chi connectivity index (χ1n) is 5.22. The molecule has 0 bridgehead atoms. The van der Waals surface area contributed by atoms with Gasteiger partial charge in [0.1, 0.15) is 5.54 Å². The van der Waals surface area contributed by atoms with Crippen molar-refractivity contribution >= 4 is 5.97 Å². The van der Waals surface area contributed by atoms with Crippen LogP contribution in [0.1, 0.15) is 31.2 Å². The van der Waals surface area contributed by atoms with E-state index in [1.54, 1.807) is 13.3 Å². The molecule has 1 heterocycles. The third-order valence-electron chi connectivity index (χ3n) is 3.56. The largest absolute Gasteiger partial charge is 0.479 e. The van der Waals surface area contributed by atoms with Gasteiger partial charge in [-0.2, -0.15) is 0 Å². The molecular formula is C11H16N2O2. The number of hydrogen-bond acceptors (Lipinski definition) is 2. The fourth-order valence-corrected chi connectivity index (χ4v) is 2.09. The van der Waals surface area contributed by atoms with Gasteiger partial charge in [-0.3, -0.25) is 0 Å². The zero-order valence-electron chi connectivity index (χ0n) is 9.32. The Morgan fingerprint density at radius 2 is 2.20 bits per heavy atom. The third-order valence-corrected chi connectivity index (χ3v) is 3.56. The predicted molar refractivity (Wildman–Crippen MR) is 55.7 cm³/mol. The summed E-state index contributed by atoms with van der Waals surface area (Å²) in [6, 6.07) is 0. The van der Waals surface area contributed by atoms with Gasteiger partial charge in [0, 0.05) is 5.69 Å². The normalized spacial score (nSPS) is 19.9. The fraction of sp³-hybridized carbons (Fsp3) is 0.636. The number of nitrogens with zero attached hydrogens (tertiary/aromatic N) is 2. The molecule has 1 unspecified atom stereocenters. The van der Waals surface area contributed by atoms with Crippen molar-refractivity contribution in [3.63, 3.8) is 0 Å². The molecule has 1 atom stereocenters. The summed E-state index contributed by atoms with van der Waals surface area (Å²) >= 11 is 0. The molecule has 2 rings (SSSR count). The topological polar surface area (TPSA) is 55.1 Å². The Hall–Kier alpha value is -1.32. The van der Waals surface area contributed by atoms with E-state index >= 15 is 0 Å². The molecule has 0 radical (unpaired) electrons. The van der Waals surface area contributed by atoms with Crippen LogP contribution in [0.4, 0.5) is 0 Å². The minimum Gasteiger partial charge on any atom is -0.479 e. The molecule has 0 aromatic carbocycles. The summed E-state index contributed by atoms with van der Waals surface area (Å²) in [6.45, 7) is 5.62. The molecule has 4 heteroatoms. The van der Waals surface area contributed by atoms with Crippen molar-refractivity contribution in [1.29, 1.82) is 0 Å². The zero-order valence-corrected chi connectivity index (χ0v) is 9.32. The minimum atomic E-state index is -0.814. The van der Waals surface area contributed by atoms with Gasteiger partial charge in [0.2, 0.25) is 0 Å². The third kappa shape index (κ3) is 1.35. The number of aromatic nitrogens is 2. The van der Waals surface area contributed by atoms with Crippen LogP contribution in [0.25, 0.3) is 0 Å². The quantitative estimate of drug-likeness (QED) is 0.822. The maximum absolute atomic E-state index is 11.4. The molecule has 82 valence electrons. The average molecular weight is 208 g/mol. The van der Waals surface area contributed by atoms with Gasteiger partial charge in [-0.1, -0.05) is 0 Å². The molecule has 1 aliphatic rings. The maximum Gasteiger partial charge on any atom is 0.329 e. The van der Waals surface area contributed by atoms with Gasteiger partial charge in [0.25, 0.3) is 0 Å². The standard InChI is InChI=1S/C11H16N2O2/c1-7-8(2)13(6-12-7)11(3,10(14)15)9-4-5-9/h6,9H,4-5H2,1-3H3,(H,14,15). The second-order valence-corrected chi connectivity index (χ2v) is 4.51. The lowest BCUT2D eigenvalue weighted by atomic mass is 9.95. The summed E-state index contributed by atoms with van der Waals surface area (Å²) < 4.78 is 1.81. The van der Waals surface area contributed by atoms with Crippen LogP contribution >= 0.6 is 0 Å². The van der Waals surface area contributed by atoms with E-state index in [1.165, 1.54) is 0 Å². The van der Waals surface area contributed by atoms with E-state index in [-0.39, 0.29) is 5.92 Å². The van der Waals surface area contributed by atoms with Crippen molar-refractivity contribution in [2.45, 2.75) is 39.2 Å². The van der Waals surface area contributed by atoms with Gasteiger partial charge in [0.05, 0.1) is 12.0 Å². The Labute approximate surface area is 88.9 Å². The van der Waals surface area contributed by atoms with Crippen molar-refractivity contribution < 1.29 is 9.90 Å². The minimum absolute atomic E-state index is 0.252. The van der Waals surface area contributed by atoms with Gasteiger partial charge in [-0.15, -0.1) is 0 Å². The van der Waals surface area contributed by atoms with E-state index < -0.39 is 11.5 Å². The highest BCUT2D eigenvalue weighted by Crippen LogP contribution is 2.45. The van der Waals surface area contributed by atoms with E-state index in [9.17, 15) is 9.90 Å². The smallest absolute Gasteiger partial charge is 0.329 e. The van der Waals surface area contributed by atoms with Crippen LogP contribution < -0.4 is 0 Å². The highest BCUT2D eigenvalue weighted by molar-refractivity contribution is 5.77. The van der Waals surface area contributed by atoms with Gasteiger partial charge < -0.3 is 9.67 Å². The molecule has 1 aromatic heterocycles. The van der Waals surface area contributed by atoms with Crippen LogP contribution in [0.2, 0.25) is 0 Å². The summed E-state index contributed by atoms with van der Waals surface area (Å²) in [5.41, 5.74) is 1.04. The number of carboxylic acid groups (broad SMARTS) is 1. The van der Waals surface area contributed by atoms with Gasteiger partial charge in [-0.25, -0.2) is 9.78 Å². The van der Waals surface area contributed by atoms with Gasteiger partial charge >= 0.3 is 5.97 Å². The number of hydrogen-bond donors (Lipinski definition) is 1. The van der Waals surface area contributed by atoms with Crippen LogP contribution in [0.5, 0.6) is 0 Å². The average Bonchev–Trinajstić information content (AvgIpc) is 2.95. The first kappa shape index (κ1) is 10.2. The number of imidazole rings is 1. The lowest BCUT2D eigenvalue weighted by molar-refractivity contribution is -0.148. The number of carboxylic acids is 1. The molecule has 0 amide bonds. The summed E-state index contributed by atoms with van der Waals surface area (Å²) in [4.78, 5) is 15.6. The van der Waals surface area contributed by atoms with Gasteiger partial charge in [-0.05, 0) is 39.5 Å². The fourth-order valence-electron chi connectivity index (χ4n) is 2.09. The molecule has 15 heavy (non-hydrogen) atoms. The first-order valence-corrected chi connectivity index (χ1v) is 5.22. The van der Waals surface area contributed by atoms with E-state index in [4.69, 9.17) is 0 Å². The summed E-state index contributed by atoms with van der Waals surface area (Å²) in [6.07, 6.45) is 3.65. The molecule has 1 fully saturated rings. The van der Waals surface area contributed by atoms with Crippen molar-refractivity contribution in [2.24, 2.45) is 5.92 Å². The Balaban J connectivity index is 2.49. The number of aryl methyl sites for hydroxylation is 1. The predicted octanol–water partition coefficient (Wildman–Crippen LogP) is 1.71. The molecule has 1 N–H and O–H groups in total. The monoisotopic (exact) mass is 208 g/mol. The number of carbonyl (C=O) groups is 1. The Kier molecular flexibility index (Phi) is 2.10. The molecule has 0 spiro atoms. The molecule has 1 aliphatic carbocycles. The summed E-state index contributed by atoms with van der Waals surface area (Å²) in [5, 5.41) is 9.38. The van der Waals surface area contributed by atoms with Gasteiger partial charge in [0.15, 0.2) is 0 Å². The molecule has 1 saturated carbocycles. The molecule has 0 saturated heterocycles. The van der Waals surface area contributed by atoms with E-state index in [1.807, 2.05) is 18.4 Å². The second-order valence-electron chi connectivity index (χ2n) is 4.51. The molecular weight excluding hydrogens is 192 g/mol. The summed E-state index contributed by atoms with van der Waals surface area (Å²) in [7, 11) is 0. The van der Waals surface area contributed by atoms with E-state index in [0.717, 1.165) is 24.2 Å². The lowest BCUT2D eigenvalue weighted by Crippen LogP contribution is -2.41. The molecule has 1 aromatic rings. The second kappa shape index (κ2) is 3.08. The van der Waals surface area contributed by atoms with Crippen molar-refractivity contribution in [1.82, 2.24) is 9.55 Å². The van der Waals surface area contributed by atoms with Crippen LogP contribution in [0.3, 0.4) is 0 Å². The SMILES string of the molecule is Cc1ncn(C(C)(C(=O)O)C2CC2)c1C. The van der Waals surface area contributed by atoms with E-state index in [0.29, 0.717) is 0 Å². The Bertz CT molecular complexity index is 407. The van der Waals surface area contributed by atoms with Crippen LogP contribution in [0, 0.1) is 19.8 Å². The molecule has 0 aliphatic heterocycles. The maximum atomic E-state index is 11.4. The number of aliphatic carboxylic acids is 1. The molecule has 4 nitrogen and oxygen atoms in total. The van der Waals surface area contributed by atoms with Crippen LogP contribution in [-0.4, -0.2) is 20.6 Å². The summed E-state index contributed by atoms with van der Waals surface area (Å²) in [5.74, 6) is -0.507. The van der Waals surface area contributed by atoms with E-state index in [2.05, 4.69) is 4.98 Å². The van der Waals surface area contributed by atoms with Crippen molar-refractivity contribution in [2.75, 3.05) is 0 Å². The van der Waals surface area contributed by atoms with Crippen LogP contribution in [0.15, 0.2) is 6.33 Å². The zero-order chi connectivity index (χ0) is 11.2. The van der Waals surface area contributed by atoms with Crippen LogP contribution in [-0.2, 0) is 10.3 Å². The Morgan fingerprint density at radius 1 is 1.60 bits per heavy atom. The highest BCUT2D eigenvalue weighted by atomic mass is 16.4. The first-order chi connectivity index (χ1) is 6.98.